The number of hydrogen-bond acceptors (Lipinski definition) is 26. The Hall–Kier alpha value is -9.44. The minimum absolute atomic E-state index is 0.0701. The van der Waals surface area contributed by atoms with Crippen molar-refractivity contribution in [2.75, 3.05) is 112 Å². The largest absolute Gasteiger partial charge is 0.462 e. The number of nitrogens with one attached hydrogen (secondary N) is 2. The summed E-state index contributed by atoms with van der Waals surface area (Å²) in [6, 6.07) is -0.640. The molecule has 2 amide bonds. The topological polar surface area (TPSA) is 358 Å². The number of ether oxygens (including phenoxy) is 14. The molecule has 0 radical (unpaired) electrons. The van der Waals surface area contributed by atoms with Crippen molar-refractivity contribution in [3.8, 4) is 0 Å². The van der Waals surface area contributed by atoms with Crippen LogP contribution in [0.5, 0.6) is 0 Å². The van der Waals surface area contributed by atoms with Crippen molar-refractivity contribution < 1.29 is 124 Å². The van der Waals surface area contributed by atoms with Crippen molar-refractivity contribution in [3.05, 3.63) is 127 Å². The summed E-state index contributed by atoms with van der Waals surface area (Å²) >= 11 is 0. The average Bonchev–Trinajstić information content (AvgIpc) is 1.32. The molecular weight excluding hydrogens is 1190 g/mol. The van der Waals surface area contributed by atoms with Gasteiger partial charge in [0, 0.05) is 73.3 Å². The van der Waals surface area contributed by atoms with E-state index in [-0.39, 0.29) is 13.0 Å². The van der Waals surface area contributed by atoms with Crippen molar-refractivity contribution in [2.24, 2.45) is 32.5 Å². The van der Waals surface area contributed by atoms with Crippen LogP contribution in [-0.4, -0.2) is 190 Å². The van der Waals surface area contributed by atoms with Gasteiger partial charge in [-0.05, 0) is 30.1 Å². The van der Waals surface area contributed by atoms with E-state index < -0.39 is 216 Å². The molecule has 0 saturated heterocycles. The third kappa shape index (κ3) is 30.5. The third-order valence-corrected chi connectivity index (χ3v) is 12.9. The van der Waals surface area contributed by atoms with Crippen LogP contribution in [0, 0.1) is 32.5 Å². The Balaban J connectivity index is 3.61. The number of rotatable bonds is 45. The maximum absolute atomic E-state index is 13.9. The fourth-order valence-electron chi connectivity index (χ4n) is 8.65. The predicted molar refractivity (Wildman–Crippen MR) is 316 cm³/mol. The van der Waals surface area contributed by atoms with E-state index >= 15 is 0 Å². The summed E-state index contributed by atoms with van der Waals surface area (Å²) < 4.78 is 76.8. The quantitative estimate of drug-likeness (QED) is 0.0487. The molecule has 0 spiro atoms. The molecule has 0 aliphatic heterocycles. The molecule has 496 valence electrons. The van der Waals surface area contributed by atoms with Crippen LogP contribution in [0.3, 0.4) is 0 Å². The Morgan fingerprint density at radius 2 is 0.544 bits per heavy atom. The number of esters is 10. The molecule has 0 heterocycles. The minimum atomic E-state index is -1.74. The van der Waals surface area contributed by atoms with E-state index in [9.17, 15) is 57.5 Å². The molecule has 2 N–H and O–H groups in total. The lowest BCUT2D eigenvalue weighted by Gasteiger charge is -2.46. The zero-order chi connectivity index (χ0) is 68.0. The summed E-state index contributed by atoms with van der Waals surface area (Å²) in [6.07, 6.45) is 7.53. The highest BCUT2D eigenvalue weighted by Crippen LogP contribution is 2.46. The fourth-order valence-corrected chi connectivity index (χ4v) is 8.65. The van der Waals surface area contributed by atoms with Gasteiger partial charge in [-0.2, -0.15) is 0 Å². The molecule has 1 aliphatic rings. The van der Waals surface area contributed by atoms with Gasteiger partial charge in [0.1, 0.15) is 79.3 Å². The second-order valence-corrected chi connectivity index (χ2v) is 22.0. The van der Waals surface area contributed by atoms with Gasteiger partial charge in [0.2, 0.25) is 0 Å². The zero-order valence-electron chi connectivity index (χ0n) is 51.2. The van der Waals surface area contributed by atoms with E-state index in [0.717, 1.165) is 60.8 Å². The van der Waals surface area contributed by atoms with Crippen LogP contribution in [0.15, 0.2) is 127 Å². The minimum Gasteiger partial charge on any atom is -0.462 e. The van der Waals surface area contributed by atoms with Gasteiger partial charge in [0.25, 0.3) is 0 Å². The first-order valence-corrected chi connectivity index (χ1v) is 27.4. The molecule has 0 aromatic heterocycles. The van der Waals surface area contributed by atoms with Crippen LogP contribution in [0.2, 0.25) is 0 Å². The SMILES string of the molecule is C=CC(=O)OCC(COCC(COC(=O)C=C)(COC(=O)C=C)COC(=O)NCC1(C)CC(NC(=O)OCC(COCC(COC(=O)C=C)(COC(=O)C=C)COC(=O)C=C)(COC(=O)C=C)COC(=O)C=C)CC(C)(C)C1)(COC(=O)C=C)COC(=O)C=C. The van der Waals surface area contributed by atoms with Gasteiger partial charge >= 0.3 is 71.9 Å². The normalized spacial score (nSPS) is 15.0. The molecule has 2 unspecified atom stereocenters. The zero-order valence-corrected chi connectivity index (χ0v) is 51.2. The van der Waals surface area contributed by atoms with Gasteiger partial charge in [-0.25, -0.2) is 57.5 Å². The molecule has 2 atom stereocenters. The van der Waals surface area contributed by atoms with Gasteiger partial charge in [0.05, 0.1) is 48.1 Å². The Labute approximate surface area is 522 Å². The van der Waals surface area contributed by atoms with E-state index in [1.54, 1.807) is 0 Å². The van der Waals surface area contributed by atoms with Crippen molar-refractivity contribution >= 4 is 71.9 Å². The first-order valence-electron chi connectivity index (χ1n) is 27.4. The first kappa shape index (κ1) is 78.6. The van der Waals surface area contributed by atoms with Crippen molar-refractivity contribution in [3.63, 3.8) is 0 Å². The lowest BCUT2D eigenvalue weighted by Crippen LogP contribution is -2.51. The highest BCUT2D eigenvalue weighted by molar-refractivity contribution is 5.84. The van der Waals surface area contributed by atoms with Crippen molar-refractivity contribution in [1.82, 2.24) is 10.6 Å². The summed E-state index contributed by atoms with van der Waals surface area (Å²) in [7, 11) is 0. The second-order valence-electron chi connectivity index (χ2n) is 22.0. The highest BCUT2D eigenvalue weighted by Gasteiger charge is 2.45. The van der Waals surface area contributed by atoms with Crippen LogP contribution >= 0.6 is 0 Å². The molecule has 1 fully saturated rings. The average molecular weight is 1270 g/mol. The Bertz CT molecular complexity index is 2490. The van der Waals surface area contributed by atoms with Gasteiger partial charge in [0.15, 0.2) is 0 Å². The monoisotopic (exact) mass is 1270 g/mol. The number of alkyl carbamates (subject to hydrolysis) is 2. The molecular formula is C62H82N2O26. The van der Waals surface area contributed by atoms with Crippen molar-refractivity contribution in [1.29, 1.82) is 0 Å². The van der Waals surface area contributed by atoms with Crippen LogP contribution in [0.25, 0.3) is 0 Å². The summed E-state index contributed by atoms with van der Waals surface area (Å²) in [5, 5.41) is 5.57. The number of amides is 2. The van der Waals surface area contributed by atoms with E-state index in [0.29, 0.717) is 12.8 Å². The van der Waals surface area contributed by atoms with E-state index in [4.69, 9.17) is 66.3 Å². The van der Waals surface area contributed by atoms with Gasteiger partial charge in [-0.15, -0.1) is 0 Å². The van der Waals surface area contributed by atoms with Crippen LogP contribution in [0.4, 0.5) is 9.59 Å². The molecule has 0 bridgehead atoms. The molecule has 90 heavy (non-hydrogen) atoms. The summed E-state index contributed by atoms with van der Waals surface area (Å²) in [6.45, 7) is 29.6. The highest BCUT2D eigenvalue weighted by atomic mass is 16.6. The smallest absolute Gasteiger partial charge is 0.407 e. The molecule has 1 aliphatic carbocycles. The maximum Gasteiger partial charge on any atom is 0.407 e. The Morgan fingerprint density at radius 1 is 0.333 bits per heavy atom. The third-order valence-electron chi connectivity index (χ3n) is 12.9. The number of carbonyl (C=O) groups is 12. The molecule has 0 aromatic rings. The summed E-state index contributed by atoms with van der Waals surface area (Å²) in [4.78, 5) is 151. The molecule has 28 nitrogen and oxygen atoms in total. The van der Waals surface area contributed by atoms with E-state index in [2.05, 4.69) is 76.4 Å². The maximum atomic E-state index is 13.9. The van der Waals surface area contributed by atoms with Crippen LogP contribution < -0.4 is 10.6 Å². The summed E-state index contributed by atoms with van der Waals surface area (Å²) in [5.74, 6) is -9.21. The van der Waals surface area contributed by atoms with E-state index in [1.165, 1.54) is 0 Å². The Kier molecular flexibility index (Phi) is 34.4. The first-order chi connectivity index (χ1) is 42.4. The lowest BCUT2D eigenvalue weighted by molar-refractivity contribution is -0.170. The molecule has 28 heteroatoms. The lowest BCUT2D eigenvalue weighted by atomic mass is 9.62. The van der Waals surface area contributed by atoms with Gasteiger partial charge in [-0.3, -0.25) is 0 Å². The Morgan fingerprint density at radius 3 is 0.767 bits per heavy atom. The standard InChI is InChI=1S/C62H82N2O26/c1-14-45(65)79-32-59(33-80-46(66)15-2,34-81-47(67)16-3)28-77-30-61(38-85-51(71)20-7,39-86-52(72)21-8)42-89-55(75)63-27-58(13)25-44(24-57(11,12)26-58)64-56(76)90-43-62(40-87-53(73)22-9,41-88-54(74)23-10)31-78-29-60(35-82-48(68)17-4,36-83-49(69)18-5)37-84-50(70)19-6/h14-23,44H,1-10,24-43H2,11-13H3,(H,63,75)(H,64,76). The van der Waals surface area contributed by atoms with Crippen LogP contribution in [0.1, 0.15) is 40.0 Å². The molecule has 1 rings (SSSR count). The predicted octanol–water partition coefficient (Wildman–Crippen LogP) is 4.29. The van der Waals surface area contributed by atoms with Crippen LogP contribution in [-0.2, 0) is 114 Å². The summed E-state index contributed by atoms with van der Waals surface area (Å²) in [5.41, 5.74) is -8.07. The van der Waals surface area contributed by atoms with Gasteiger partial charge in [-0.1, -0.05) is 86.6 Å². The number of hydrogen-bond donors (Lipinski definition) is 2. The molecule has 1 saturated carbocycles. The van der Waals surface area contributed by atoms with Crippen molar-refractivity contribution in [2.45, 2.75) is 46.1 Å². The van der Waals surface area contributed by atoms with Gasteiger partial charge < -0.3 is 76.9 Å². The second kappa shape index (κ2) is 39.5. The molecule has 0 aromatic carbocycles. The fraction of sp³-hybridized carbons (Fsp3) is 0.484. The number of carbonyl (C=O) groups excluding carboxylic acids is 12. The van der Waals surface area contributed by atoms with E-state index in [1.807, 2.05) is 20.8 Å².